The van der Waals surface area contributed by atoms with Gasteiger partial charge in [0.25, 0.3) is 0 Å². The Bertz CT molecular complexity index is 519. The lowest BCUT2D eigenvalue weighted by molar-refractivity contribution is -0.119. The minimum atomic E-state index is 0.131. The van der Waals surface area contributed by atoms with E-state index < -0.39 is 0 Å². The average Bonchev–Trinajstić information content (AvgIpc) is 2.61. The molecule has 1 heterocycles. The Morgan fingerprint density at radius 1 is 1.29 bits per heavy atom. The van der Waals surface area contributed by atoms with Gasteiger partial charge in [-0.2, -0.15) is 0 Å². The molecule has 1 aromatic carbocycles. The predicted molar refractivity (Wildman–Crippen MR) is 104 cm³/mol. The molecule has 24 heavy (non-hydrogen) atoms. The summed E-state index contributed by atoms with van der Waals surface area (Å²) in [5, 5.41) is 3.65. The van der Waals surface area contributed by atoms with Crippen molar-refractivity contribution in [3.05, 3.63) is 24.3 Å². The number of hydrogen-bond acceptors (Lipinski definition) is 4. The first-order valence-electron chi connectivity index (χ1n) is 9.17. The molecule has 2 rings (SSSR count). The lowest BCUT2D eigenvalue weighted by atomic mass is 10.2. The van der Waals surface area contributed by atoms with Gasteiger partial charge in [-0.25, -0.2) is 0 Å². The molecular formula is C19H31N3OS. The van der Waals surface area contributed by atoms with E-state index in [1.807, 2.05) is 11.8 Å². The van der Waals surface area contributed by atoms with Crippen LogP contribution in [0.2, 0.25) is 0 Å². The van der Waals surface area contributed by atoms with E-state index in [1.54, 1.807) is 0 Å². The van der Waals surface area contributed by atoms with Crippen LogP contribution in [-0.4, -0.2) is 55.3 Å². The number of para-hydroxylation sites is 1. The van der Waals surface area contributed by atoms with Crippen LogP contribution < -0.4 is 10.2 Å². The zero-order valence-electron chi connectivity index (χ0n) is 15.3. The molecule has 1 aliphatic heterocycles. The third kappa shape index (κ3) is 5.42. The highest BCUT2D eigenvalue weighted by atomic mass is 32.2. The number of nitrogens with one attached hydrogen (secondary N) is 1. The Kier molecular flexibility index (Phi) is 7.92. The maximum Gasteiger partial charge on any atom is 0.239 e. The van der Waals surface area contributed by atoms with Gasteiger partial charge in [0.05, 0.1) is 12.2 Å². The summed E-state index contributed by atoms with van der Waals surface area (Å²) in [6, 6.07) is 8.43. The third-order valence-electron chi connectivity index (χ3n) is 4.58. The van der Waals surface area contributed by atoms with Gasteiger partial charge in [0.15, 0.2) is 0 Å². The van der Waals surface area contributed by atoms with Crippen LogP contribution in [0.15, 0.2) is 29.2 Å². The lowest BCUT2D eigenvalue weighted by Gasteiger charge is -2.34. The van der Waals surface area contributed by atoms with Crippen LogP contribution in [0.25, 0.3) is 0 Å². The van der Waals surface area contributed by atoms with Crippen LogP contribution in [0.3, 0.4) is 0 Å². The summed E-state index contributed by atoms with van der Waals surface area (Å²) in [5.41, 5.74) is 1.20. The highest BCUT2D eigenvalue weighted by Gasteiger charge is 2.24. The normalized spacial score (nSPS) is 17.0. The van der Waals surface area contributed by atoms with Crippen LogP contribution in [0.4, 0.5) is 5.69 Å². The van der Waals surface area contributed by atoms with Crippen molar-refractivity contribution in [1.29, 1.82) is 0 Å². The largest absolute Gasteiger partial charge is 0.360 e. The first-order chi connectivity index (χ1) is 11.7. The molecule has 1 amide bonds. The summed E-state index contributed by atoms with van der Waals surface area (Å²) in [7, 11) is 0. The highest BCUT2D eigenvalue weighted by molar-refractivity contribution is 8.00. The molecule has 134 valence electrons. The van der Waals surface area contributed by atoms with Crippen LogP contribution in [-0.2, 0) is 4.79 Å². The molecule has 0 aliphatic carbocycles. The Labute approximate surface area is 151 Å². The van der Waals surface area contributed by atoms with Gasteiger partial charge in [-0.05, 0) is 44.6 Å². The molecular weight excluding hydrogens is 318 g/mol. The molecule has 4 nitrogen and oxygen atoms in total. The van der Waals surface area contributed by atoms with Gasteiger partial charge in [-0.3, -0.25) is 4.79 Å². The van der Waals surface area contributed by atoms with E-state index in [9.17, 15) is 4.79 Å². The summed E-state index contributed by atoms with van der Waals surface area (Å²) >= 11 is 1.94. The highest BCUT2D eigenvalue weighted by Crippen LogP contribution is 2.39. The average molecular weight is 350 g/mol. The Morgan fingerprint density at radius 2 is 2.04 bits per heavy atom. The third-order valence-corrected chi connectivity index (χ3v) is 6.00. The van der Waals surface area contributed by atoms with E-state index in [1.165, 1.54) is 10.6 Å². The molecule has 0 saturated heterocycles. The second kappa shape index (κ2) is 9.94. The Balaban J connectivity index is 1.83. The van der Waals surface area contributed by atoms with Crippen molar-refractivity contribution in [2.45, 2.75) is 43.8 Å². The van der Waals surface area contributed by atoms with Crippen molar-refractivity contribution in [2.75, 3.05) is 44.2 Å². The SMILES string of the molecule is CCC1CN(CC(=O)NCCCN(CC)CC)c2ccccc2S1. The minimum absolute atomic E-state index is 0.131. The fraction of sp³-hybridized carbons (Fsp3) is 0.632. The smallest absolute Gasteiger partial charge is 0.239 e. The number of rotatable bonds is 9. The molecule has 1 unspecified atom stereocenters. The van der Waals surface area contributed by atoms with Crippen molar-refractivity contribution in [2.24, 2.45) is 0 Å². The fourth-order valence-electron chi connectivity index (χ4n) is 3.04. The molecule has 1 atom stereocenters. The number of benzene rings is 1. The number of nitrogens with zero attached hydrogens (tertiary/aromatic N) is 2. The maximum absolute atomic E-state index is 12.3. The number of carbonyl (C=O) groups excluding carboxylic acids is 1. The van der Waals surface area contributed by atoms with Crippen LogP contribution in [0.1, 0.15) is 33.6 Å². The van der Waals surface area contributed by atoms with Gasteiger partial charge in [0, 0.05) is 23.2 Å². The van der Waals surface area contributed by atoms with E-state index in [0.29, 0.717) is 11.8 Å². The molecule has 0 saturated carbocycles. The van der Waals surface area contributed by atoms with Crippen LogP contribution in [0, 0.1) is 0 Å². The maximum atomic E-state index is 12.3. The van der Waals surface area contributed by atoms with E-state index >= 15 is 0 Å². The fourth-order valence-corrected chi connectivity index (χ4v) is 4.30. The van der Waals surface area contributed by atoms with Crippen LogP contribution >= 0.6 is 11.8 Å². The van der Waals surface area contributed by atoms with E-state index in [-0.39, 0.29) is 5.91 Å². The van der Waals surface area contributed by atoms with Gasteiger partial charge in [0.1, 0.15) is 0 Å². The monoisotopic (exact) mass is 349 g/mol. The van der Waals surface area contributed by atoms with E-state index in [0.717, 1.165) is 45.6 Å². The molecule has 0 spiro atoms. The zero-order chi connectivity index (χ0) is 17.4. The number of thioether (sulfide) groups is 1. The number of anilines is 1. The van der Waals surface area contributed by atoms with Gasteiger partial charge in [-0.15, -0.1) is 11.8 Å². The van der Waals surface area contributed by atoms with Crippen molar-refractivity contribution in [3.8, 4) is 0 Å². The first-order valence-corrected chi connectivity index (χ1v) is 10.1. The molecule has 1 aromatic rings. The number of fused-ring (bicyclic) bond motifs is 1. The Morgan fingerprint density at radius 3 is 2.75 bits per heavy atom. The van der Waals surface area contributed by atoms with E-state index in [2.05, 4.69) is 60.2 Å². The second-order valence-electron chi connectivity index (χ2n) is 6.23. The molecule has 0 bridgehead atoms. The van der Waals surface area contributed by atoms with Gasteiger partial charge >= 0.3 is 0 Å². The molecule has 0 fully saturated rings. The Hall–Kier alpha value is -1.20. The summed E-state index contributed by atoms with van der Waals surface area (Å²) in [5.74, 6) is 0.131. The summed E-state index contributed by atoms with van der Waals surface area (Å²) in [6.07, 6.45) is 2.14. The second-order valence-corrected chi connectivity index (χ2v) is 7.57. The molecule has 1 N–H and O–H groups in total. The van der Waals surface area contributed by atoms with Crippen molar-refractivity contribution in [3.63, 3.8) is 0 Å². The lowest BCUT2D eigenvalue weighted by Crippen LogP contribution is -2.42. The standard InChI is InChI=1S/C19H31N3OS/c1-4-16-14-22(17-10-7-8-11-18(17)24-16)15-19(23)20-12-9-13-21(5-2)6-3/h7-8,10-11,16H,4-6,9,12-15H2,1-3H3,(H,20,23). The number of carbonyl (C=O) groups is 1. The summed E-state index contributed by atoms with van der Waals surface area (Å²) < 4.78 is 0. The van der Waals surface area contributed by atoms with Crippen molar-refractivity contribution in [1.82, 2.24) is 10.2 Å². The number of amides is 1. The minimum Gasteiger partial charge on any atom is -0.360 e. The van der Waals surface area contributed by atoms with Gasteiger partial charge in [0.2, 0.25) is 5.91 Å². The van der Waals surface area contributed by atoms with Gasteiger partial charge in [-0.1, -0.05) is 32.9 Å². The summed E-state index contributed by atoms with van der Waals surface area (Å²) in [6.45, 7) is 11.9. The predicted octanol–water partition coefficient (Wildman–Crippen LogP) is 3.23. The first kappa shape index (κ1) is 19.1. The molecule has 0 radical (unpaired) electrons. The van der Waals surface area contributed by atoms with E-state index in [4.69, 9.17) is 0 Å². The summed E-state index contributed by atoms with van der Waals surface area (Å²) in [4.78, 5) is 18.2. The van der Waals surface area contributed by atoms with Crippen molar-refractivity contribution < 1.29 is 4.79 Å². The topological polar surface area (TPSA) is 35.6 Å². The zero-order valence-corrected chi connectivity index (χ0v) is 16.1. The molecule has 5 heteroatoms. The number of hydrogen-bond donors (Lipinski definition) is 1. The molecule has 0 aromatic heterocycles. The van der Waals surface area contributed by atoms with Crippen LogP contribution in [0.5, 0.6) is 0 Å². The van der Waals surface area contributed by atoms with Gasteiger partial charge < -0.3 is 15.1 Å². The van der Waals surface area contributed by atoms with Crippen molar-refractivity contribution >= 4 is 23.4 Å². The molecule has 1 aliphatic rings. The quantitative estimate of drug-likeness (QED) is 0.694.